The number of likely N-dealkylation sites (tertiary alicyclic amines) is 1. The zero-order valence-corrected chi connectivity index (χ0v) is 11.5. The van der Waals surface area contributed by atoms with E-state index in [2.05, 4.69) is 11.0 Å². The van der Waals surface area contributed by atoms with Gasteiger partial charge in [-0.2, -0.15) is 5.26 Å². The van der Waals surface area contributed by atoms with Gasteiger partial charge in [0.25, 0.3) is 0 Å². The van der Waals surface area contributed by atoms with E-state index in [0.29, 0.717) is 5.92 Å². The van der Waals surface area contributed by atoms with Gasteiger partial charge in [0.05, 0.1) is 12.2 Å². The Balaban J connectivity index is 1.70. The van der Waals surface area contributed by atoms with Crippen molar-refractivity contribution < 1.29 is 0 Å². The van der Waals surface area contributed by atoms with Crippen molar-refractivity contribution in [2.75, 3.05) is 13.1 Å². The summed E-state index contributed by atoms with van der Waals surface area (Å²) in [5, 5.41) is 10.3. The molecule has 1 saturated heterocycles. The predicted molar refractivity (Wildman–Crippen MR) is 72.5 cm³/mol. The van der Waals surface area contributed by atoms with E-state index in [0.717, 1.165) is 22.1 Å². The molecule has 0 bridgehead atoms. The van der Waals surface area contributed by atoms with Crippen molar-refractivity contribution >= 4 is 11.3 Å². The first-order chi connectivity index (χ1) is 8.86. The molecule has 1 saturated carbocycles. The van der Waals surface area contributed by atoms with Crippen LogP contribution in [0.25, 0.3) is 0 Å². The molecule has 0 aromatic carbocycles. The highest BCUT2D eigenvalue weighted by Crippen LogP contribution is 2.42. The van der Waals surface area contributed by atoms with E-state index >= 15 is 0 Å². The van der Waals surface area contributed by atoms with Crippen molar-refractivity contribution in [3.8, 4) is 6.07 Å². The van der Waals surface area contributed by atoms with E-state index in [-0.39, 0.29) is 0 Å². The molecule has 3 rings (SSSR count). The Hall–Kier alpha value is -0.920. The van der Waals surface area contributed by atoms with Gasteiger partial charge in [0.1, 0.15) is 16.0 Å². The second kappa shape index (κ2) is 5.38. The van der Waals surface area contributed by atoms with Gasteiger partial charge in [-0.25, -0.2) is 4.98 Å². The molecule has 4 heteroatoms. The van der Waals surface area contributed by atoms with Gasteiger partial charge in [-0.1, -0.05) is 12.8 Å². The summed E-state index contributed by atoms with van der Waals surface area (Å²) in [6, 6.07) is 2.32. The third-order valence-corrected chi connectivity index (χ3v) is 4.78. The maximum atomic E-state index is 9.17. The van der Waals surface area contributed by atoms with Crippen molar-refractivity contribution in [1.29, 1.82) is 5.26 Å². The van der Waals surface area contributed by atoms with E-state index in [9.17, 15) is 0 Å². The Bertz CT molecular complexity index is 448. The highest BCUT2D eigenvalue weighted by molar-refractivity contribution is 7.12. The number of nitrogens with zero attached hydrogens (tertiary/aromatic N) is 3. The van der Waals surface area contributed by atoms with Gasteiger partial charge in [-0.15, -0.1) is 11.3 Å². The number of hydrogen-bond acceptors (Lipinski definition) is 4. The second-order valence-corrected chi connectivity index (χ2v) is 6.48. The van der Waals surface area contributed by atoms with Crippen LogP contribution in [-0.4, -0.2) is 23.0 Å². The van der Waals surface area contributed by atoms with Crippen molar-refractivity contribution in [2.45, 2.75) is 51.0 Å². The maximum Gasteiger partial charge on any atom is 0.128 e. The molecule has 3 nitrogen and oxygen atoms in total. The Morgan fingerprint density at radius 3 is 2.56 bits per heavy atom. The van der Waals surface area contributed by atoms with Gasteiger partial charge in [0, 0.05) is 5.92 Å². The molecule has 2 aliphatic rings. The molecular formula is C14H19N3S. The number of thiazole rings is 1. The summed E-state index contributed by atoms with van der Waals surface area (Å²) in [5.74, 6) is 0.591. The molecule has 2 heterocycles. The summed E-state index contributed by atoms with van der Waals surface area (Å²) in [4.78, 5) is 8.09. The molecule has 0 unspecified atom stereocenters. The molecule has 1 aliphatic heterocycles. The summed E-state index contributed by atoms with van der Waals surface area (Å²) in [6.45, 7) is 3.34. The molecule has 2 fully saturated rings. The van der Waals surface area contributed by atoms with Crippen LogP contribution in [0.4, 0.5) is 0 Å². The van der Waals surface area contributed by atoms with E-state index in [4.69, 9.17) is 10.2 Å². The number of aromatic nitrogens is 1. The Morgan fingerprint density at radius 1 is 1.22 bits per heavy atom. The van der Waals surface area contributed by atoms with Crippen molar-refractivity contribution in [3.63, 3.8) is 0 Å². The Kier molecular flexibility index (Phi) is 3.62. The number of rotatable bonds is 3. The molecule has 1 aliphatic carbocycles. The monoisotopic (exact) mass is 261 g/mol. The normalized spacial score (nSPS) is 21.5. The summed E-state index contributed by atoms with van der Waals surface area (Å²) >= 11 is 1.61. The van der Waals surface area contributed by atoms with Gasteiger partial charge in [-0.05, 0) is 38.8 Å². The van der Waals surface area contributed by atoms with Gasteiger partial charge >= 0.3 is 0 Å². The molecule has 96 valence electrons. The minimum atomic E-state index is 0.591. The second-order valence-electron chi connectivity index (χ2n) is 5.40. The van der Waals surface area contributed by atoms with Crippen molar-refractivity contribution in [2.24, 2.45) is 0 Å². The highest BCUT2D eigenvalue weighted by Gasteiger charge is 2.30. The summed E-state index contributed by atoms with van der Waals surface area (Å²) < 4.78 is 0. The fourth-order valence-electron chi connectivity index (χ4n) is 2.64. The van der Waals surface area contributed by atoms with Gasteiger partial charge in [0.2, 0.25) is 0 Å². The van der Waals surface area contributed by atoms with Crippen molar-refractivity contribution in [3.05, 3.63) is 15.6 Å². The zero-order chi connectivity index (χ0) is 12.4. The predicted octanol–water partition coefficient (Wildman–Crippen LogP) is 3.27. The lowest BCUT2D eigenvalue weighted by Crippen LogP contribution is -2.23. The quantitative estimate of drug-likeness (QED) is 0.838. The summed E-state index contributed by atoms with van der Waals surface area (Å²) in [5.41, 5.74) is 1.09. The van der Waals surface area contributed by atoms with E-state index < -0.39 is 0 Å². The summed E-state index contributed by atoms with van der Waals surface area (Å²) in [7, 11) is 0. The molecule has 0 atom stereocenters. The molecule has 1 aromatic heterocycles. The van der Waals surface area contributed by atoms with E-state index in [1.165, 1.54) is 51.6 Å². The van der Waals surface area contributed by atoms with Crippen LogP contribution >= 0.6 is 11.3 Å². The highest BCUT2D eigenvalue weighted by atomic mass is 32.1. The summed E-state index contributed by atoms with van der Waals surface area (Å²) in [6.07, 6.45) is 7.80. The van der Waals surface area contributed by atoms with Gasteiger partial charge in [0.15, 0.2) is 0 Å². The SMILES string of the molecule is N#Cc1sc(CN2CCCCCC2)nc1C1CC1. The molecule has 1 aromatic rings. The van der Waals surface area contributed by atoms with Crippen LogP contribution in [0.2, 0.25) is 0 Å². The average molecular weight is 261 g/mol. The smallest absolute Gasteiger partial charge is 0.128 e. The third kappa shape index (κ3) is 2.73. The molecule has 0 spiro atoms. The third-order valence-electron chi connectivity index (χ3n) is 3.82. The molecule has 0 radical (unpaired) electrons. The van der Waals surface area contributed by atoms with E-state index in [1.54, 1.807) is 11.3 Å². The van der Waals surface area contributed by atoms with Crippen LogP contribution in [-0.2, 0) is 6.54 Å². The van der Waals surface area contributed by atoms with Crippen LogP contribution in [0.3, 0.4) is 0 Å². The lowest BCUT2D eigenvalue weighted by Gasteiger charge is -2.17. The lowest BCUT2D eigenvalue weighted by molar-refractivity contribution is 0.276. The van der Waals surface area contributed by atoms with Crippen LogP contribution in [0, 0.1) is 11.3 Å². The first-order valence-electron chi connectivity index (χ1n) is 6.99. The molecular weight excluding hydrogens is 242 g/mol. The molecule has 18 heavy (non-hydrogen) atoms. The zero-order valence-electron chi connectivity index (χ0n) is 10.7. The maximum absolute atomic E-state index is 9.17. The van der Waals surface area contributed by atoms with Crippen LogP contribution in [0.5, 0.6) is 0 Å². The fourth-order valence-corrected chi connectivity index (χ4v) is 3.63. The molecule has 0 N–H and O–H groups in total. The topological polar surface area (TPSA) is 39.9 Å². The van der Waals surface area contributed by atoms with Crippen LogP contribution in [0.15, 0.2) is 0 Å². The van der Waals surface area contributed by atoms with E-state index in [1.807, 2.05) is 0 Å². The van der Waals surface area contributed by atoms with Gasteiger partial charge < -0.3 is 0 Å². The van der Waals surface area contributed by atoms with Crippen LogP contribution in [0.1, 0.15) is 60.0 Å². The first-order valence-corrected chi connectivity index (χ1v) is 7.80. The first kappa shape index (κ1) is 12.1. The van der Waals surface area contributed by atoms with Crippen molar-refractivity contribution in [1.82, 2.24) is 9.88 Å². The minimum absolute atomic E-state index is 0.591. The van der Waals surface area contributed by atoms with Crippen LogP contribution < -0.4 is 0 Å². The minimum Gasteiger partial charge on any atom is -0.297 e. The Morgan fingerprint density at radius 2 is 1.94 bits per heavy atom. The molecule has 0 amide bonds. The Labute approximate surface area is 112 Å². The fraction of sp³-hybridized carbons (Fsp3) is 0.714. The number of hydrogen-bond donors (Lipinski definition) is 0. The largest absolute Gasteiger partial charge is 0.297 e. The number of nitriles is 1. The van der Waals surface area contributed by atoms with Gasteiger partial charge in [-0.3, -0.25) is 4.90 Å². The average Bonchev–Trinajstić information content (AvgIpc) is 3.17. The lowest BCUT2D eigenvalue weighted by atomic mass is 10.2. The standard InChI is InChI=1S/C14H19N3S/c15-9-12-14(11-5-6-11)16-13(18-12)10-17-7-3-1-2-4-8-17/h11H,1-8,10H2.